The monoisotopic (exact) mass is 335 g/mol. The molecule has 1 N–H and O–H groups in total. The number of rotatable bonds is 6. The third-order valence-electron chi connectivity index (χ3n) is 3.89. The van der Waals surface area contributed by atoms with Crippen LogP contribution >= 0.6 is 0 Å². The summed E-state index contributed by atoms with van der Waals surface area (Å²) in [5.74, 6) is 2.11. The van der Waals surface area contributed by atoms with Crippen LogP contribution in [0, 0.1) is 13.8 Å². The highest BCUT2D eigenvalue weighted by atomic mass is 16.5. The first-order valence-electron chi connectivity index (χ1n) is 8.25. The molecule has 0 fully saturated rings. The van der Waals surface area contributed by atoms with Crippen molar-refractivity contribution in [3.8, 4) is 17.3 Å². The van der Waals surface area contributed by atoms with Gasteiger partial charge in [-0.3, -0.25) is 4.98 Å². The Labute approximate surface area is 147 Å². The average Bonchev–Trinajstić information content (AvgIpc) is 2.65. The maximum Gasteiger partial charge on any atom is 0.218 e. The Hall–Kier alpha value is -3.02. The molecule has 0 radical (unpaired) electrons. The number of pyridine rings is 2. The molecule has 3 aromatic rings. The second kappa shape index (κ2) is 7.70. The molecular weight excluding hydrogens is 314 g/mol. The first kappa shape index (κ1) is 16.8. The van der Waals surface area contributed by atoms with Gasteiger partial charge >= 0.3 is 0 Å². The molecule has 0 aliphatic rings. The third kappa shape index (κ3) is 3.91. The smallest absolute Gasteiger partial charge is 0.218 e. The third-order valence-corrected chi connectivity index (χ3v) is 3.89. The maximum absolute atomic E-state index is 5.58. The van der Waals surface area contributed by atoms with Crippen LogP contribution in [0.25, 0.3) is 11.4 Å². The lowest BCUT2D eigenvalue weighted by molar-refractivity contribution is 0.323. The first-order chi connectivity index (χ1) is 12.2. The minimum Gasteiger partial charge on any atom is -0.478 e. The van der Waals surface area contributed by atoms with Gasteiger partial charge in [-0.05, 0) is 39.0 Å². The minimum atomic E-state index is 0.576. The van der Waals surface area contributed by atoms with E-state index in [0.29, 0.717) is 24.9 Å². The molecule has 3 rings (SSSR count). The van der Waals surface area contributed by atoms with Gasteiger partial charge in [-0.25, -0.2) is 15.0 Å². The fourth-order valence-electron chi connectivity index (χ4n) is 2.43. The van der Waals surface area contributed by atoms with Crippen LogP contribution in [0.1, 0.15) is 23.7 Å². The van der Waals surface area contributed by atoms with E-state index in [1.165, 1.54) is 0 Å². The summed E-state index contributed by atoms with van der Waals surface area (Å²) in [6.45, 7) is 7.10. The Bertz CT molecular complexity index is 852. The van der Waals surface area contributed by atoms with Gasteiger partial charge in [-0.15, -0.1) is 0 Å². The fourth-order valence-corrected chi connectivity index (χ4v) is 2.43. The molecule has 6 heteroatoms. The van der Waals surface area contributed by atoms with Crippen LogP contribution in [0.4, 0.5) is 5.82 Å². The lowest BCUT2D eigenvalue weighted by atomic mass is 10.2. The molecule has 0 unspecified atom stereocenters. The Morgan fingerprint density at radius 1 is 1.08 bits per heavy atom. The van der Waals surface area contributed by atoms with Crippen LogP contribution in [0.3, 0.4) is 0 Å². The molecular formula is C19H21N5O. The Morgan fingerprint density at radius 3 is 2.68 bits per heavy atom. The number of hydrogen-bond donors (Lipinski definition) is 1. The largest absolute Gasteiger partial charge is 0.478 e. The molecule has 0 aliphatic heterocycles. The molecule has 25 heavy (non-hydrogen) atoms. The van der Waals surface area contributed by atoms with Gasteiger partial charge in [-0.2, -0.15) is 0 Å². The van der Waals surface area contributed by atoms with E-state index in [0.717, 1.165) is 28.2 Å². The Balaban J connectivity index is 1.87. The fraction of sp³-hybridized carbons (Fsp3) is 0.263. The second-order valence-electron chi connectivity index (χ2n) is 5.60. The van der Waals surface area contributed by atoms with Crippen molar-refractivity contribution in [1.29, 1.82) is 0 Å². The van der Waals surface area contributed by atoms with Crippen molar-refractivity contribution in [2.45, 2.75) is 27.3 Å². The van der Waals surface area contributed by atoms with Crippen molar-refractivity contribution in [3.63, 3.8) is 0 Å². The molecule has 3 heterocycles. The van der Waals surface area contributed by atoms with E-state index in [4.69, 9.17) is 4.74 Å². The molecule has 128 valence electrons. The van der Waals surface area contributed by atoms with Crippen molar-refractivity contribution in [2.75, 3.05) is 11.9 Å². The highest BCUT2D eigenvalue weighted by molar-refractivity contribution is 5.58. The van der Waals surface area contributed by atoms with Crippen LogP contribution < -0.4 is 10.1 Å². The van der Waals surface area contributed by atoms with Crippen molar-refractivity contribution >= 4 is 5.82 Å². The van der Waals surface area contributed by atoms with Gasteiger partial charge < -0.3 is 10.1 Å². The summed E-state index contributed by atoms with van der Waals surface area (Å²) >= 11 is 0. The van der Waals surface area contributed by atoms with E-state index in [2.05, 4.69) is 25.3 Å². The van der Waals surface area contributed by atoms with Gasteiger partial charge in [-0.1, -0.05) is 6.07 Å². The van der Waals surface area contributed by atoms with Gasteiger partial charge in [0.05, 0.1) is 6.61 Å². The topological polar surface area (TPSA) is 72.8 Å². The lowest BCUT2D eigenvalue weighted by Gasteiger charge is -2.14. The van der Waals surface area contributed by atoms with E-state index in [9.17, 15) is 0 Å². The first-order valence-corrected chi connectivity index (χ1v) is 8.25. The molecule has 3 aromatic heterocycles. The van der Waals surface area contributed by atoms with Gasteiger partial charge in [0.1, 0.15) is 5.82 Å². The van der Waals surface area contributed by atoms with E-state index < -0.39 is 0 Å². The number of nitrogens with zero attached hydrogens (tertiary/aromatic N) is 4. The van der Waals surface area contributed by atoms with Crippen LogP contribution in [0.2, 0.25) is 0 Å². The van der Waals surface area contributed by atoms with Gasteiger partial charge in [0, 0.05) is 47.5 Å². The van der Waals surface area contributed by atoms with Crippen molar-refractivity contribution in [3.05, 3.63) is 59.7 Å². The quantitative estimate of drug-likeness (QED) is 0.742. The van der Waals surface area contributed by atoms with Gasteiger partial charge in [0.15, 0.2) is 5.82 Å². The van der Waals surface area contributed by atoms with Crippen LogP contribution in [0.15, 0.2) is 42.9 Å². The molecule has 0 saturated carbocycles. The standard InChI is InChI=1S/C19H21N5O/c1-4-25-19-16(8-6-10-21-19)12-22-17-13(2)14(3)23-18(24-17)15-7-5-9-20-11-15/h5-11H,4,12H2,1-3H3,(H,22,23,24). The summed E-state index contributed by atoms with van der Waals surface area (Å²) in [5.41, 5.74) is 3.84. The van der Waals surface area contributed by atoms with Crippen LogP contribution in [0.5, 0.6) is 5.88 Å². The molecule has 0 aliphatic carbocycles. The molecule has 6 nitrogen and oxygen atoms in total. The predicted octanol–water partition coefficient (Wildman–Crippen LogP) is 3.56. The summed E-state index contributed by atoms with van der Waals surface area (Å²) in [7, 11) is 0. The summed E-state index contributed by atoms with van der Waals surface area (Å²) in [5, 5.41) is 3.39. The minimum absolute atomic E-state index is 0.576. The van der Waals surface area contributed by atoms with E-state index in [1.54, 1.807) is 18.6 Å². The number of aryl methyl sites for hydroxylation is 1. The summed E-state index contributed by atoms with van der Waals surface area (Å²) in [6, 6.07) is 7.73. The van der Waals surface area contributed by atoms with E-state index in [1.807, 2.05) is 45.0 Å². The average molecular weight is 335 g/mol. The summed E-state index contributed by atoms with van der Waals surface area (Å²) in [6.07, 6.45) is 5.23. The van der Waals surface area contributed by atoms with Crippen LogP contribution in [-0.2, 0) is 6.54 Å². The SMILES string of the molecule is CCOc1ncccc1CNc1nc(-c2cccnc2)nc(C)c1C. The van der Waals surface area contributed by atoms with Crippen LogP contribution in [-0.4, -0.2) is 26.5 Å². The number of ether oxygens (including phenoxy) is 1. The molecule has 0 saturated heterocycles. The molecule has 0 amide bonds. The molecule has 0 aromatic carbocycles. The normalized spacial score (nSPS) is 10.5. The molecule has 0 atom stereocenters. The zero-order valence-corrected chi connectivity index (χ0v) is 14.7. The number of aromatic nitrogens is 4. The Kier molecular flexibility index (Phi) is 5.18. The second-order valence-corrected chi connectivity index (χ2v) is 5.60. The predicted molar refractivity (Wildman–Crippen MR) is 97.5 cm³/mol. The highest BCUT2D eigenvalue weighted by Gasteiger charge is 2.11. The zero-order valence-electron chi connectivity index (χ0n) is 14.7. The summed E-state index contributed by atoms with van der Waals surface area (Å²) < 4.78 is 5.58. The van der Waals surface area contributed by atoms with E-state index >= 15 is 0 Å². The number of anilines is 1. The molecule has 0 bridgehead atoms. The molecule has 0 spiro atoms. The Morgan fingerprint density at radius 2 is 1.92 bits per heavy atom. The highest BCUT2D eigenvalue weighted by Crippen LogP contribution is 2.22. The van der Waals surface area contributed by atoms with Gasteiger partial charge in [0.25, 0.3) is 0 Å². The lowest BCUT2D eigenvalue weighted by Crippen LogP contribution is -2.09. The number of nitrogens with one attached hydrogen (secondary N) is 1. The summed E-state index contributed by atoms with van der Waals surface area (Å²) in [4.78, 5) is 17.7. The van der Waals surface area contributed by atoms with Crippen molar-refractivity contribution in [2.24, 2.45) is 0 Å². The van der Waals surface area contributed by atoms with Crippen molar-refractivity contribution in [1.82, 2.24) is 19.9 Å². The van der Waals surface area contributed by atoms with Gasteiger partial charge in [0.2, 0.25) is 5.88 Å². The number of hydrogen-bond acceptors (Lipinski definition) is 6. The van der Waals surface area contributed by atoms with Crippen molar-refractivity contribution < 1.29 is 4.74 Å². The van der Waals surface area contributed by atoms with E-state index in [-0.39, 0.29) is 0 Å². The zero-order chi connectivity index (χ0) is 17.6. The maximum atomic E-state index is 5.58.